The number of hydroxylamine groups is 1. The first-order chi connectivity index (χ1) is 20.3. The van der Waals surface area contributed by atoms with Crippen molar-refractivity contribution in [3.05, 3.63) is 78.7 Å². The third-order valence-electron chi connectivity index (χ3n) is 6.94. The average molecular weight is 575 g/mol. The van der Waals surface area contributed by atoms with Crippen LogP contribution in [0.5, 0.6) is 23.0 Å². The highest BCUT2D eigenvalue weighted by Crippen LogP contribution is 2.49. The summed E-state index contributed by atoms with van der Waals surface area (Å²) in [5.74, 6) is -0.546. The minimum atomic E-state index is -1.29. The largest absolute Gasteiger partial charge is 0.493 e. The van der Waals surface area contributed by atoms with Crippen LogP contribution in [0.4, 0.5) is 15.8 Å². The number of nitrogens with two attached hydrogens (primary N) is 1. The summed E-state index contributed by atoms with van der Waals surface area (Å²) in [5, 5.41) is 9.28. The van der Waals surface area contributed by atoms with E-state index in [0.717, 1.165) is 0 Å². The van der Waals surface area contributed by atoms with E-state index in [1.807, 2.05) is 0 Å². The number of hydrogen-bond donors (Lipinski definition) is 3. The van der Waals surface area contributed by atoms with Gasteiger partial charge in [0.2, 0.25) is 17.7 Å². The van der Waals surface area contributed by atoms with Gasteiger partial charge in [-0.3, -0.25) is 29.5 Å². The summed E-state index contributed by atoms with van der Waals surface area (Å²) in [6, 6.07) is 17.1. The van der Waals surface area contributed by atoms with Crippen LogP contribution in [0, 0.1) is 11.2 Å². The summed E-state index contributed by atoms with van der Waals surface area (Å²) >= 11 is 0. The van der Waals surface area contributed by atoms with Crippen molar-refractivity contribution in [3.63, 3.8) is 0 Å². The number of nitrogens with zero attached hydrogens (tertiary/aromatic N) is 2. The van der Waals surface area contributed by atoms with E-state index in [1.165, 1.54) is 36.3 Å². The average Bonchev–Trinajstić information content (AvgIpc) is 3.81. The third kappa shape index (κ3) is 5.65. The van der Waals surface area contributed by atoms with Gasteiger partial charge in [-0.25, -0.2) is 9.87 Å². The molecule has 4 N–H and O–H groups in total. The topological polar surface area (TPSA) is 153 Å². The minimum absolute atomic E-state index is 0.00873. The van der Waals surface area contributed by atoms with Crippen LogP contribution < -0.4 is 30.3 Å². The number of halogens is 1. The van der Waals surface area contributed by atoms with Gasteiger partial charge in [-0.05, 0) is 73.5 Å². The van der Waals surface area contributed by atoms with E-state index in [1.54, 1.807) is 54.1 Å². The molecule has 0 atom stereocenters. The number of rotatable bonds is 11. The van der Waals surface area contributed by atoms with Crippen LogP contribution in [0.1, 0.15) is 19.3 Å². The number of ether oxygens (including phenoxy) is 3. The number of fused-ring (bicyclic) bond motifs is 1. The first-order valence-corrected chi connectivity index (χ1v) is 13.0. The molecule has 11 nitrogen and oxygen atoms in total. The molecule has 0 unspecified atom stereocenters. The number of nitrogens with one attached hydrogen (secondary N) is 1. The highest BCUT2D eigenvalue weighted by molar-refractivity contribution is 6.16. The maximum atomic E-state index is 13.6. The number of benzene rings is 3. The van der Waals surface area contributed by atoms with Gasteiger partial charge in [0.1, 0.15) is 22.7 Å². The standard InChI is InChI=1S/C30H27FN4O7/c1-40-25-16-22-23(17-26(25)41-15-11-27(36)34-39)33-14-10-24(22)42-21-8-6-20(7-9-21)35(19-4-2-18(31)3-5-19)29(38)30(12-13-30)28(32)37/h2-10,14,16-17,39H,11-13,15H2,1H3,(H2,32,37)(H,34,36). The second-order valence-corrected chi connectivity index (χ2v) is 9.62. The van der Waals surface area contributed by atoms with Crippen molar-refractivity contribution in [2.45, 2.75) is 19.3 Å². The first-order valence-electron chi connectivity index (χ1n) is 13.0. The van der Waals surface area contributed by atoms with Gasteiger partial charge in [0.25, 0.3) is 0 Å². The molecular formula is C30H27FN4O7. The van der Waals surface area contributed by atoms with Crippen molar-refractivity contribution < 1.29 is 38.2 Å². The monoisotopic (exact) mass is 574 g/mol. The Kier molecular flexibility index (Phi) is 7.89. The molecule has 12 heteroatoms. The van der Waals surface area contributed by atoms with E-state index in [2.05, 4.69) is 4.98 Å². The van der Waals surface area contributed by atoms with Gasteiger partial charge < -0.3 is 19.9 Å². The van der Waals surface area contributed by atoms with Gasteiger partial charge in [0, 0.05) is 29.0 Å². The summed E-state index contributed by atoms with van der Waals surface area (Å²) in [5.41, 5.74) is 7.21. The number of pyridine rings is 1. The van der Waals surface area contributed by atoms with Crippen LogP contribution in [0.3, 0.4) is 0 Å². The summed E-state index contributed by atoms with van der Waals surface area (Å²) in [7, 11) is 1.47. The lowest BCUT2D eigenvalue weighted by Gasteiger charge is -2.26. The molecule has 42 heavy (non-hydrogen) atoms. The van der Waals surface area contributed by atoms with Gasteiger partial charge in [-0.2, -0.15) is 0 Å². The van der Waals surface area contributed by atoms with E-state index in [4.69, 9.17) is 25.2 Å². The second-order valence-electron chi connectivity index (χ2n) is 9.62. The molecule has 1 aliphatic rings. The van der Waals surface area contributed by atoms with Crippen LogP contribution in [0.15, 0.2) is 72.9 Å². The molecule has 0 radical (unpaired) electrons. The Bertz CT molecular complexity index is 1640. The normalized spacial score (nSPS) is 13.2. The Balaban J connectivity index is 1.41. The Morgan fingerprint density at radius 2 is 1.67 bits per heavy atom. The highest BCUT2D eigenvalue weighted by atomic mass is 19.1. The highest BCUT2D eigenvalue weighted by Gasteiger charge is 2.57. The van der Waals surface area contributed by atoms with Crippen molar-refractivity contribution in [1.82, 2.24) is 10.5 Å². The van der Waals surface area contributed by atoms with E-state index >= 15 is 0 Å². The summed E-state index contributed by atoms with van der Waals surface area (Å²) in [4.78, 5) is 42.7. The van der Waals surface area contributed by atoms with Gasteiger partial charge in [-0.1, -0.05) is 0 Å². The smallest absolute Gasteiger partial charge is 0.247 e. The van der Waals surface area contributed by atoms with Crippen molar-refractivity contribution >= 4 is 40.0 Å². The molecule has 1 fully saturated rings. The number of anilines is 2. The fourth-order valence-corrected chi connectivity index (χ4v) is 4.47. The summed E-state index contributed by atoms with van der Waals surface area (Å²) in [6.07, 6.45) is 2.21. The Morgan fingerprint density at radius 1 is 1.00 bits per heavy atom. The zero-order valence-electron chi connectivity index (χ0n) is 22.5. The molecule has 0 saturated heterocycles. The number of carbonyl (C=O) groups is 3. The molecule has 3 aromatic carbocycles. The number of amides is 3. The Morgan fingerprint density at radius 3 is 2.26 bits per heavy atom. The first kappa shape index (κ1) is 28.3. The second kappa shape index (κ2) is 11.7. The molecule has 0 bridgehead atoms. The fourth-order valence-electron chi connectivity index (χ4n) is 4.47. The summed E-state index contributed by atoms with van der Waals surface area (Å²) < 4.78 is 30.9. The van der Waals surface area contributed by atoms with Crippen LogP contribution in [-0.2, 0) is 14.4 Å². The molecule has 216 valence electrons. The number of carbonyl (C=O) groups excluding carboxylic acids is 3. The molecular weight excluding hydrogens is 547 g/mol. The predicted molar refractivity (Wildman–Crippen MR) is 149 cm³/mol. The zero-order chi connectivity index (χ0) is 29.9. The lowest BCUT2D eigenvalue weighted by atomic mass is 10.0. The van der Waals surface area contributed by atoms with E-state index < -0.39 is 29.0 Å². The SMILES string of the molecule is COc1cc2c(Oc3ccc(N(C(=O)C4(C(N)=O)CC4)c4ccc(F)cc4)cc3)ccnc2cc1OCCC(=O)NO. The van der Waals surface area contributed by atoms with Crippen LogP contribution in [0.25, 0.3) is 10.9 Å². The van der Waals surface area contributed by atoms with Crippen LogP contribution in [-0.4, -0.2) is 41.6 Å². The van der Waals surface area contributed by atoms with Crippen molar-refractivity contribution in [1.29, 1.82) is 0 Å². The number of primary amides is 1. The fraction of sp³-hybridized carbons (Fsp3) is 0.200. The molecule has 1 heterocycles. The molecule has 5 rings (SSSR count). The predicted octanol–water partition coefficient (Wildman–Crippen LogP) is 4.38. The van der Waals surface area contributed by atoms with Gasteiger partial charge in [0.05, 0.1) is 25.7 Å². The molecule has 0 spiro atoms. The van der Waals surface area contributed by atoms with Gasteiger partial charge in [-0.15, -0.1) is 0 Å². The maximum Gasteiger partial charge on any atom is 0.247 e. The number of methoxy groups -OCH3 is 1. The van der Waals surface area contributed by atoms with Gasteiger partial charge in [0.15, 0.2) is 11.5 Å². The third-order valence-corrected chi connectivity index (χ3v) is 6.94. The molecule has 1 aromatic heterocycles. The van der Waals surface area contributed by atoms with E-state index in [0.29, 0.717) is 58.1 Å². The summed E-state index contributed by atoms with van der Waals surface area (Å²) in [6.45, 7) is 0.00873. The zero-order valence-corrected chi connectivity index (χ0v) is 22.5. The van der Waals surface area contributed by atoms with E-state index in [9.17, 15) is 18.8 Å². The Labute approximate surface area is 239 Å². The maximum absolute atomic E-state index is 13.6. The van der Waals surface area contributed by atoms with E-state index in [-0.39, 0.29) is 13.0 Å². The minimum Gasteiger partial charge on any atom is -0.493 e. The van der Waals surface area contributed by atoms with Crippen molar-refractivity contribution in [3.8, 4) is 23.0 Å². The van der Waals surface area contributed by atoms with Gasteiger partial charge >= 0.3 is 0 Å². The lowest BCUT2D eigenvalue weighted by molar-refractivity contribution is -0.133. The Hall–Kier alpha value is -5.23. The lowest BCUT2D eigenvalue weighted by Crippen LogP contribution is -2.41. The molecule has 0 aliphatic heterocycles. The van der Waals surface area contributed by atoms with Crippen LogP contribution in [0.2, 0.25) is 0 Å². The molecule has 4 aromatic rings. The van der Waals surface area contributed by atoms with Crippen molar-refractivity contribution in [2.75, 3.05) is 18.6 Å². The van der Waals surface area contributed by atoms with Crippen molar-refractivity contribution in [2.24, 2.45) is 11.1 Å². The number of aromatic nitrogens is 1. The quantitative estimate of drug-likeness (QED) is 0.136. The number of hydrogen-bond acceptors (Lipinski definition) is 8. The molecule has 3 amide bonds. The molecule has 1 aliphatic carbocycles. The van der Waals surface area contributed by atoms with Crippen LogP contribution >= 0.6 is 0 Å². The molecule has 1 saturated carbocycles.